The van der Waals surface area contributed by atoms with Crippen LogP contribution in [0.4, 0.5) is 0 Å². The first-order chi connectivity index (χ1) is 8.58. The Morgan fingerprint density at radius 1 is 1.32 bits per heavy atom. The van der Waals surface area contributed by atoms with Crippen molar-refractivity contribution >= 4 is 32.2 Å². The zero-order valence-electron chi connectivity index (χ0n) is 11.2. The van der Waals surface area contributed by atoms with E-state index in [-0.39, 0.29) is 29.4 Å². The van der Waals surface area contributed by atoms with Crippen molar-refractivity contribution in [2.24, 2.45) is 5.73 Å². The van der Waals surface area contributed by atoms with E-state index in [2.05, 4.69) is 9.24 Å². The number of aliphatic carboxylic acids is 1. The number of ether oxygens (including phenoxy) is 2. The summed E-state index contributed by atoms with van der Waals surface area (Å²) in [5.74, 6) is -1.53. The molecule has 1 aliphatic rings. The third-order valence-corrected chi connectivity index (χ3v) is 3.62. The van der Waals surface area contributed by atoms with Crippen LogP contribution >= 0.6 is 26.2 Å². The molecule has 1 rings (SSSR count). The second kappa shape index (κ2) is 10.1. The smallest absolute Gasteiger partial charge is 0.303 e. The van der Waals surface area contributed by atoms with Crippen molar-refractivity contribution in [3.05, 3.63) is 0 Å². The van der Waals surface area contributed by atoms with Gasteiger partial charge in [-0.1, -0.05) is 0 Å². The molecule has 2 atom stereocenters. The second-order valence-corrected chi connectivity index (χ2v) is 5.31. The molecule has 0 aromatic heterocycles. The second-order valence-electron chi connectivity index (χ2n) is 4.73. The van der Waals surface area contributed by atoms with E-state index in [4.69, 9.17) is 20.3 Å². The standard InChI is InChI=1S/C12H24NO4P.BrH/c13-10(2-1-9-18)3-5-12(6-4-11(14)15)16-7-8-17-12;/h10H,1-9,13,18H2,(H,14,15);1H. The van der Waals surface area contributed by atoms with Gasteiger partial charge in [0.25, 0.3) is 0 Å². The van der Waals surface area contributed by atoms with E-state index in [9.17, 15) is 4.79 Å². The van der Waals surface area contributed by atoms with Gasteiger partial charge in [-0.15, -0.1) is 26.2 Å². The molecule has 0 aliphatic carbocycles. The molecule has 114 valence electrons. The highest BCUT2D eigenvalue weighted by Crippen LogP contribution is 2.30. The minimum absolute atomic E-state index is 0. The fourth-order valence-corrected chi connectivity index (χ4v) is 2.37. The van der Waals surface area contributed by atoms with Crippen LogP contribution in [0.1, 0.15) is 38.5 Å². The molecule has 1 fully saturated rings. The Morgan fingerprint density at radius 2 is 1.95 bits per heavy atom. The molecule has 1 heterocycles. The van der Waals surface area contributed by atoms with E-state index in [1.807, 2.05) is 0 Å². The average Bonchev–Trinajstić information content (AvgIpc) is 2.81. The molecule has 3 N–H and O–H groups in total. The zero-order valence-corrected chi connectivity index (χ0v) is 14.0. The van der Waals surface area contributed by atoms with Gasteiger partial charge < -0.3 is 20.3 Å². The molecule has 0 bridgehead atoms. The zero-order chi connectivity index (χ0) is 13.4. The van der Waals surface area contributed by atoms with E-state index in [1.54, 1.807) is 0 Å². The molecular weight excluding hydrogens is 333 g/mol. The van der Waals surface area contributed by atoms with Crippen LogP contribution in [0, 0.1) is 0 Å². The lowest BCUT2D eigenvalue weighted by molar-refractivity contribution is -0.173. The molecule has 0 radical (unpaired) electrons. The van der Waals surface area contributed by atoms with Crippen molar-refractivity contribution in [1.82, 2.24) is 0 Å². The van der Waals surface area contributed by atoms with Crippen molar-refractivity contribution in [2.45, 2.75) is 50.4 Å². The Hall–Kier alpha value is 0.260. The monoisotopic (exact) mass is 357 g/mol. The van der Waals surface area contributed by atoms with Gasteiger partial charge in [0.15, 0.2) is 5.79 Å². The van der Waals surface area contributed by atoms with Crippen LogP contribution < -0.4 is 5.73 Å². The number of rotatable bonds is 9. The third-order valence-electron chi connectivity index (χ3n) is 3.21. The summed E-state index contributed by atoms with van der Waals surface area (Å²) >= 11 is 0. The normalized spacial score (nSPS) is 18.8. The van der Waals surface area contributed by atoms with Gasteiger partial charge >= 0.3 is 5.97 Å². The Morgan fingerprint density at radius 3 is 2.47 bits per heavy atom. The van der Waals surface area contributed by atoms with Crippen molar-refractivity contribution in [3.8, 4) is 0 Å². The van der Waals surface area contributed by atoms with Crippen LogP contribution in [0.3, 0.4) is 0 Å². The van der Waals surface area contributed by atoms with Gasteiger partial charge in [0.2, 0.25) is 0 Å². The lowest BCUT2D eigenvalue weighted by Gasteiger charge is -2.28. The van der Waals surface area contributed by atoms with Gasteiger partial charge in [0, 0.05) is 18.9 Å². The van der Waals surface area contributed by atoms with E-state index in [1.165, 1.54) is 0 Å². The largest absolute Gasteiger partial charge is 0.481 e. The number of hydrogen-bond donors (Lipinski definition) is 2. The quantitative estimate of drug-likeness (QED) is 0.616. The Bertz CT molecular complexity index is 262. The van der Waals surface area contributed by atoms with Crippen molar-refractivity contribution in [1.29, 1.82) is 0 Å². The van der Waals surface area contributed by atoms with Crippen LogP contribution in [0.2, 0.25) is 0 Å². The summed E-state index contributed by atoms with van der Waals surface area (Å²) in [4.78, 5) is 10.6. The van der Waals surface area contributed by atoms with Gasteiger partial charge in [-0.25, -0.2) is 0 Å². The number of carbonyl (C=O) groups is 1. The first-order valence-electron chi connectivity index (χ1n) is 6.53. The topological polar surface area (TPSA) is 81.8 Å². The van der Waals surface area contributed by atoms with Crippen LogP contribution in [0.5, 0.6) is 0 Å². The van der Waals surface area contributed by atoms with E-state index < -0.39 is 11.8 Å². The summed E-state index contributed by atoms with van der Waals surface area (Å²) in [6, 6.07) is 0.139. The van der Waals surface area contributed by atoms with Gasteiger partial charge in [0.1, 0.15) is 0 Å². The summed E-state index contributed by atoms with van der Waals surface area (Å²) < 4.78 is 11.2. The summed E-state index contributed by atoms with van der Waals surface area (Å²) in [6.07, 6.45) is 5.10. The lowest BCUT2D eigenvalue weighted by Crippen LogP contribution is -2.34. The number of nitrogens with two attached hydrogens (primary N) is 1. The number of carboxylic acids is 1. The number of halogens is 1. The van der Waals surface area contributed by atoms with Gasteiger partial charge in [-0.2, -0.15) is 0 Å². The summed E-state index contributed by atoms with van der Waals surface area (Å²) in [6.45, 7) is 1.08. The molecule has 2 unspecified atom stereocenters. The molecule has 19 heavy (non-hydrogen) atoms. The predicted octanol–water partition coefficient (Wildman–Crippen LogP) is 1.94. The molecular formula is C12H25BrNO4P. The van der Waals surface area contributed by atoms with Gasteiger partial charge in [0.05, 0.1) is 19.6 Å². The van der Waals surface area contributed by atoms with Crippen molar-refractivity contribution < 1.29 is 19.4 Å². The fourth-order valence-electron chi connectivity index (χ4n) is 2.14. The molecule has 0 amide bonds. The first-order valence-corrected chi connectivity index (χ1v) is 7.35. The highest BCUT2D eigenvalue weighted by Gasteiger charge is 2.36. The van der Waals surface area contributed by atoms with Crippen LogP contribution in [0.25, 0.3) is 0 Å². The number of hydrogen-bond acceptors (Lipinski definition) is 4. The lowest BCUT2D eigenvalue weighted by atomic mass is 9.99. The van der Waals surface area contributed by atoms with E-state index in [0.29, 0.717) is 26.1 Å². The third kappa shape index (κ3) is 7.57. The maximum Gasteiger partial charge on any atom is 0.303 e. The Labute approximate surface area is 127 Å². The highest BCUT2D eigenvalue weighted by atomic mass is 79.9. The summed E-state index contributed by atoms with van der Waals surface area (Å²) in [5.41, 5.74) is 6.02. The SMILES string of the molecule is Br.NC(CCCP)CCC1(CCC(=O)O)OCCO1. The van der Waals surface area contributed by atoms with Crippen LogP contribution in [0.15, 0.2) is 0 Å². The minimum Gasteiger partial charge on any atom is -0.481 e. The van der Waals surface area contributed by atoms with E-state index >= 15 is 0 Å². The molecule has 1 saturated heterocycles. The maximum atomic E-state index is 10.6. The van der Waals surface area contributed by atoms with Gasteiger partial charge in [-0.3, -0.25) is 4.79 Å². The Kier molecular flexibility index (Phi) is 10.2. The molecule has 7 heteroatoms. The molecule has 0 aromatic carbocycles. The van der Waals surface area contributed by atoms with Crippen LogP contribution in [-0.2, 0) is 14.3 Å². The molecule has 0 saturated carbocycles. The first kappa shape index (κ1) is 19.3. The van der Waals surface area contributed by atoms with Gasteiger partial charge in [-0.05, 0) is 25.4 Å². The molecule has 0 aromatic rings. The summed E-state index contributed by atoms with van der Waals surface area (Å²) in [5, 5.41) is 8.74. The fraction of sp³-hybridized carbons (Fsp3) is 0.917. The van der Waals surface area contributed by atoms with Crippen molar-refractivity contribution in [3.63, 3.8) is 0 Å². The molecule has 1 aliphatic heterocycles. The average molecular weight is 358 g/mol. The minimum atomic E-state index is -0.819. The summed E-state index contributed by atoms with van der Waals surface area (Å²) in [7, 11) is 2.69. The number of carboxylic acid groups (broad SMARTS) is 1. The van der Waals surface area contributed by atoms with Crippen LogP contribution in [-0.4, -0.2) is 42.3 Å². The molecule has 5 nitrogen and oxygen atoms in total. The Balaban J connectivity index is 0.00000324. The predicted molar refractivity (Wildman–Crippen MR) is 82.8 cm³/mol. The van der Waals surface area contributed by atoms with Crippen molar-refractivity contribution in [2.75, 3.05) is 19.4 Å². The molecule has 0 spiro atoms. The van der Waals surface area contributed by atoms with E-state index in [0.717, 1.165) is 25.4 Å². The maximum absolute atomic E-state index is 10.6. The highest BCUT2D eigenvalue weighted by molar-refractivity contribution is 8.93.